The Morgan fingerprint density at radius 3 is 2.74 bits per heavy atom. The zero-order valence-corrected chi connectivity index (χ0v) is 14.6. The lowest BCUT2D eigenvalue weighted by Gasteiger charge is -2.12. The van der Waals surface area contributed by atoms with Crippen LogP contribution in [0.25, 0.3) is 16.2 Å². The monoisotopic (exact) mass is 327 g/mol. The maximum absolute atomic E-state index is 9.88. The summed E-state index contributed by atoms with van der Waals surface area (Å²) in [6.07, 6.45) is 3.56. The summed E-state index contributed by atoms with van der Waals surface area (Å²) in [5.41, 5.74) is 5.60. The second-order valence-electron chi connectivity index (χ2n) is 7.25. The SMILES string of the molecule is CC(C)(C)c1nn2c(CO)c(-c3ccc4c(c3)CCC4)nc2s1. The molecule has 1 aliphatic rings. The van der Waals surface area contributed by atoms with Crippen LogP contribution in [0.3, 0.4) is 0 Å². The summed E-state index contributed by atoms with van der Waals surface area (Å²) in [7, 11) is 0. The number of aryl methyl sites for hydroxylation is 2. The van der Waals surface area contributed by atoms with Crippen molar-refractivity contribution in [2.24, 2.45) is 0 Å². The molecule has 23 heavy (non-hydrogen) atoms. The van der Waals surface area contributed by atoms with Crippen LogP contribution in [0, 0.1) is 0 Å². The van der Waals surface area contributed by atoms with E-state index in [4.69, 9.17) is 4.98 Å². The van der Waals surface area contributed by atoms with Crippen molar-refractivity contribution in [3.8, 4) is 11.3 Å². The third kappa shape index (κ3) is 2.39. The fourth-order valence-corrected chi connectivity index (χ4v) is 4.16. The summed E-state index contributed by atoms with van der Waals surface area (Å²) in [6, 6.07) is 6.57. The Labute approximate surface area is 139 Å². The van der Waals surface area contributed by atoms with Crippen molar-refractivity contribution in [3.63, 3.8) is 0 Å². The molecule has 3 aromatic rings. The number of nitrogens with zero attached hydrogens (tertiary/aromatic N) is 3. The molecule has 0 bridgehead atoms. The van der Waals surface area contributed by atoms with E-state index in [1.807, 2.05) is 4.52 Å². The largest absolute Gasteiger partial charge is 0.390 e. The fraction of sp³-hybridized carbons (Fsp3) is 0.444. The summed E-state index contributed by atoms with van der Waals surface area (Å²) in [5, 5.41) is 15.6. The van der Waals surface area contributed by atoms with E-state index in [0.717, 1.165) is 33.3 Å². The molecule has 2 heterocycles. The molecule has 2 aromatic heterocycles. The lowest BCUT2D eigenvalue weighted by Crippen LogP contribution is -2.11. The Bertz CT molecular complexity index is 886. The van der Waals surface area contributed by atoms with Crippen molar-refractivity contribution in [3.05, 3.63) is 40.0 Å². The van der Waals surface area contributed by atoms with Crippen LogP contribution in [0.4, 0.5) is 0 Å². The first-order valence-corrected chi connectivity index (χ1v) is 8.91. The summed E-state index contributed by atoms with van der Waals surface area (Å²) in [4.78, 5) is 5.63. The van der Waals surface area contributed by atoms with Crippen LogP contribution < -0.4 is 0 Å². The van der Waals surface area contributed by atoms with Gasteiger partial charge in [-0.05, 0) is 36.5 Å². The van der Waals surface area contributed by atoms with Crippen LogP contribution in [-0.4, -0.2) is 19.7 Å². The molecule has 0 amide bonds. The number of benzene rings is 1. The molecular formula is C18H21N3OS. The normalized spacial score (nSPS) is 14.6. The van der Waals surface area contributed by atoms with Gasteiger partial charge in [0.05, 0.1) is 18.0 Å². The van der Waals surface area contributed by atoms with Gasteiger partial charge in [-0.1, -0.05) is 44.2 Å². The van der Waals surface area contributed by atoms with Gasteiger partial charge in [0.25, 0.3) is 0 Å². The van der Waals surface area contributed by atoms with Crippen molar-refractivity contribution in [2.75, 3.05) is 0 Å². The molecule has 0 atom stereocenters. The lowest BCUT2D eigenvalue weighted by molar-refractivity contribution is 0.274. The quantitative estimate of drug-likeness (QED) is 0.780. The van der Waals surface area contributed by atoms with E-state index in [1.165, 1.54) is 24.0 Å². The van der Waals surface area contributed by atoms with Crippen LogP contribution in [-0.2, 0) is 24.9 Å². The minimum Gasteiger partial charge on any atom is -0.390 e. The van der Waals surface area contributed by atoms with E-state index in [1.54, 1.807) is 11.3 Å². The zero-order chi connectivity index (χ0) is 16.2. The maximum atomic E-state index is 9.88. The number of hydrogen-bond donors (Lipinski definition) is 1. The predicted octanol–water partition coefficient (Wildman–Crippen LogP) is 3.74. The molecule has 0 unspecified atom stereocenters. The van der Waals surface area contributed by atoms with Crippen LogP contribution in [0.15, 0.2) is 18.2 Å². The number of rotatable bonds is 2. The third-order valence-electron chi connectivity index (χ3n) is 4.46. The standard InChI is InChI=1S/C18H21N3OS/c1-18(2,3)16-20-21-14(10-22)15(19-17(21)23-16)13-8-7-11-5-4-6-12(11)9-13/h7-9,22H,4-6,10H2,1-3H3. The summed E-state index contributed by atoms with van der Waals surface area (Å²) >= 11 is 1.60. The molecule has 0 fully saturated rings. The van der Waals surface area contributed by atoms with Gasteiger partial charge in [-0.2, -0.15) is 5.10 Å². The summed E-state index contributed by atoms with van der Waals surface area (Å²) in [5.74, 6) is 0. The van der Waals surface area contributed by atoms with E-state index in [9.17, 15) is 5.11 Å². The molecule has 120 valence electrons. The van der Waals surface area contributed by atoms with E-state index >= 15 is 0 Å². The third-order valence-corrected chi connectivity index (χ3v) is 5.79. The van der Waals surface area contributed by atoms with Crippen LogP contribution in [0.2, 0.25) is 0 Å². The highest BCUT2D eigenvalue weighted by Gasteiger charge is 2.24. The number of aromatic nitrogens is 3. The number of hydrogen-bond acceptors (Lipinski definition) is 4. The number of aliphatic hydroxyl groups excluding tert-OH is 1. The van der Waals surface area contributed by atoms with E-state index in [-0.39, 0.29) is 12.0 Å². The smallest absolute Gasteiger partial charge is 0.213 e. The van der Waals surface area contributed by atoms with Gasteiger partial charge in [-0.15, -0.1) is 0 Å². The minimum absolute atomic E-state index is 0.00811. The second-order valence-corrected chi connectivity index (χ2v) is 8.21. The molecular weight excluding hydrogens is 306 g/mol. The van der Waals surface area contributed by atoms with E-state index in [0.29, 0.717) is 0 Å². The Morgan fingerprint density at radius 1 is 1.22 bits per heavy atom. The van der Waals surface area contributed by atoms with Gasteiger partial charge in [0.2, 0.25) is 4.96 Å². The Hall–Kier alpha value is -1.72. The minimum atomic E-state index is -0.0547. The topological polar surface area (TPSA) is 50.4 Å². The first-order valence-electron chi connectivity index (χ1n) is 8.09. The average molecular weight is 327 g/mol. The highest BCUT2D eigenvalue weighted by atomic mass is 32.1. The van der Waals surface area contributed by atoms with Gasteiger partial charge in [0.1, 0.15) is 5.01 Å². The number of fused-ring (bicyclic) bond motifs is 2. The van der Waals surface area contributed by atoms with Gasteiger partial charge < -0.3 is 5.11 Å². The van der Waals surface area contributed by atoms with Crippen molar-refractivity contribution in [1.29, 1.82) is 0 Å². The van der Waals surface area contributed by atoms with Gasteiger partial charge in [0.15, 0.2) is 0 Å². The van der Waals surface area contributed by atoms with E-state index in [2.05, 4.69) is 44.1 Å². The fourth-order valence-electron chi connectivity index (χ4n) is 3.19. The molecule has 1 aliphatic carbocycles. The van der Waals surface area contributed by atoms with Gasteiger partial charge in [-0.25, -0.2) is 9.50 Å². The van der Waals surface area contributed by atoms with Crippen LogP contribution >= 0.6 is 11.3 Å². The Morgan fingerprint density at radius 2 is 2.00 bits per heavy atom. The van der Waals surface area contributed by atoms with Gasteiger partial charge in [-0.3, -0.25) is 0 Å². The molecule has 1 N–H and O–H groups in total. The number of imidazole rings is 1. The first kappa shape index (κ1) is 14.8. The van der Waals surface area contributed by atoms with Crippen molar-refractivity contribution in [1.82, 2.24) is 14.6 Å². The van der Waals surface area contributed by atoms with Gasteiger partial charge >= 0.3 is 0 Å². The molecule has 4 nitrogen and oxygen atoms in total. The van der Waals surface area contributed by atoms with Crippen molar-refractivity contribution in [2.45, 2.75) is 52.1 Å². The first-order chi connectivity index (χ1) is 11.0. The summed E-state index contributed by atoms with van der Waals surface area (Å²) < 4.78 is 1.81. The Balaban J connectivity index is 1.86. The molecule has 0 radical (unpaired) electrons. The Kier molecular flexibility index (Phi) is 3.32. The second kappa shape index (κ2) is 5.14. The molecule has 0 spiro atoms. The highest BCUT2D eigenvalue weighted by Crippen LogP contribution is 2.33. The summed E-state index contributed by atoms with van der Waals surface area (Å²) in [6.45, 7) is 6.38. The highest BCUT2D eigenvalue weighted by molar-refractivity contribution is 7.16. The van der Waals surface area contributed by atoms with E-state index < -0.39 is 0 Å². The molecule has 0 aliphatic heterocycles. The maximum Gasteiger partial charge on any atom is 0.213 e. The zero-order valence-electron chi connectivity index (χ0n) is 13.8. The molecule has 4 rings (SSSR count). The number of aliphatic hydroxyl groups is 1. The molecule has 1 aromatic carbocycles. The lowest BCUT2D eigenvalue weighted by atomic mass is 9.98. The predicted molar refractivity (Wildman–Crippen MR) is 92.9 cm³/mol. The van der Waals surface area contributed by atoms with Crippen LogP contribution in [0.5, 0.6) is 0 Å². The molecule has 0 saturated carbocycles. The van der Waals surface area contributed by atoms with Gasteiger partial charge in [0, 0.05) is 11.0 Å². The van der Waals surface area contributed by atoms with Crippen LogP contribution in [0.1, 0.15) is 49.0 Å². The molecule has 5 heteroatoms. The average Bonchev–Trinajstić information content (AvgIpc) is 3.18. The van der Waals surface area contributed by atoms with Crippen molar-refractivity contribution < 1.29 is 5.11 Å². The molecule has 0 saturated heterocycles. The van der Waals surface area contributed by atoms with Crippen molar-refractivity contribution >= 4 is 16.3 Å².